The van der Waals surface area contributed by atoms with Crippen molar-refractivity contribution in [2.45, 2.75) is 0 Å². The van der Waals surface area contributed by atoms with E-state index < -0.39 is 23.2 Å². The molecule has 0 fully saturated rings. The molecule has 1 aromatic heterocycles. The Kier molecular flexibility index (Phi) is 2.70. The second kappa shape index (κ2) is 4.17. The van der Waals surface area contributed by atoms with Crippen LogP contribution in [-0.4, -0.2) is 26.2 Å². The quantitative estimate of drug-likeness (QED) is 0.826. The van der Waals surface area contributed by atoms with Gasteiger partial charge in [0.05, 0.1) is 0 Å². The summed E-state index contributed by atoms with van der Waals surface area (Å²) in [7, 11) is 0. The van der Waals surface area contributed by atoms with Gasteiger partial charge in [-0.1, -0.05) is 0 Å². The highest BCUT2D eigenvalue weighted by Gasteiger charge is 2.16. The van der Waals surface area contributed by atoms with E-state index in [4.69, 9.17) is 5.11 Å². The number of hydrogen-bond acceptors (Lipinski definition) is 4. The fourth-order valence-electron chi connectivity index (χ4n) is 1.35. The molecule has 1 aromatic carbocycles. The molecule has 0 aliphatic rings. The number of hydrogen-bond donors (Lipinski definition) is 2. The van der Waals surface area contributed by atoms with Gasteiger partial charge in [-0.3, -0.25) is 0 Å². The number of benzene rings is 1. The molecule has 0 amide bonds. The minimum absolute atomic E-state index is 0.0531. The standard InChI is InChI=1S/C11H7FN2O3/c12-7-3-1-6(2-4-7)8-10(15)9(11(16)17)14-5-13-8/h1-5,15H,(H,16,17). The smallest absolute Gasteiger partial charge is 0.358 e. The largest absolute Gasteiger partial charge is 0.504 e. The molecule has 17 heavy (non-hydrogen) atoms. The van der Waals surface area contributed by atoms with Gasteiger partial charge in [-0.2, -0.15) is 0 Å². The molecule has 1 heterocycles. The van der Waals surface area contributed by atoms with Gasteiger partial charge in [-0.15, -0.1) is 0 Å². The molecule has 2 rings (SSSR count). The SMILES string of the molecule is O=C(O)c1ncnc(-c2ccc(F)cc2)c1O. The molecular formula is C11H7FN2O3. The highest BCUT2D eigenvalue weighted by atomic mass is 19.1. The van der Waals surface area contributed by atoms with Crippen molar-refractivity contribution in [3.8, 4) is 17.0 Å². The molecule has 0 aliphatic carbocycles. The van der Waals surface area contributed by atoms with Gasteiger partial charge in [0.25, 0.3) is 0 Å². The van der Waals surface area contributed by atoms with Crippen LogP contribution < -0.4 is 0 Å². The van der Waals surface area contributed by atoms with Crippen LogP contribution in [0.5, 0.6) is 5.75 Å². The van der Waals surface area contributed by atoms with Crippen LogP contribution in [-0.2, 0) is 0 Å². The monoisotopic (exact) mass is 234 g/mol. The molecular weight excluding hydrogens is 227 g/mol. The average molecular weight is 234 g/mol. The van der Waals surface area contributed by atoms with E-state index in [0.29, 0.717) is 5.56 Å². The minimum Gasteiger partial charge on any atom is -0.504 e. The van der Waals surface area contributed by atoms with Crippen molar-refractivity contribution < 1.29 is 19.4 Å². The molecule has 0 unspecified atom stereocenters. The van der Waals surface area contributed by atoms with E-state index in [1.807, 2.05) is 0 Å². The Morgan fingerprint density at radius 1 is 1.18 bits per heavy atom. The summed E-state index contributed by atoms with van der Waals surface area (Å²) < 4.78 is 12.7. The molecule has 0 radical (unpaired) electrons. The van der Waals surface area contributed by atoms with E-state index in [1.54, 1.807) is 0 Å². The number of halogens is 1. The first-order chi connectivity index (χ1) is 8.09. The topological polar surface area (TPSA) is 83.3 Å². The molecule has 0 spiro atoms. The highest BCUT2D eigenvalue weighted by Crippen LogP contribution is 2.28. The van der Waals surface area contributed by atoms with Gasteiger partial charge < -0.3 is 10.2 Å². The molecule has 2 N–H and O–H groups in total. The van der Waals surface area contributed by atoms with Crippen LogP contribution >= 0.6 is 0 Å². The Morgan fingerprint density at radius 3 is 2.41 bits per heavy atom. The lowest BCUT2D eigenvalue weighted by atomic mass is 10.1. The van der Waals surface area contributed by atoms with Crippen LogP contribution in [0.1, 0.15) is 10.5 Å². The maximum absolute atomic E-state index is 12.7. The Balaban J connectivity index is 2.56. The number of rotatable bonds is 2. The van der Waals surface area contributed by atoms with E-state index in [9.17, 15) is 14.3 Å². The number of aromatic carboxylic acids is 1. The van der Waals surface area contributed by atoms with Crippen molar-refractivity contribution >= 4 is 5.97 Å². The zero-order chi connectivity index (χ0) is 12.4. The van der Waals surface area contributed by atoms with Crippen LogP contribution in [0.15, 0.2) is 30.6 Å². The lowest BCUT2D eigenvalue weighted by molar-refractivity contribution is 0.0687. The van der Waals surface area contributed by atoms with Gasteiger partial charge >= 0.3 is 5.97 Å². The normalized spacial score (nSPS) is 10.2. The van der Waals surface area contributed by atoms with Crippen LogP contribution in [0.3, 0.4) is 0 Å². The summed E-state index contributed by atoms with van der Waals surface area (Å²) in [5.74, 6) is -2.32. The van der Waals surface area contributed by atoms with Crippen LogP contribution in [0.25, 0.3) is 11.3 Å². The molecule has 0 atom stereocenters. The summed E-state index contributed by atoms with van der Waals surface area (Å²) in [5, 5.41) is 18.5. The molecule has 0 saturated carbocycles. The van der Waals surface area contributed by atoms with Crippen LogP contribution in [0.2, 0.25) is 0 Å². The van der Waals surface area contributed by atoms with Gasteiger partial charge in [0, 0.05) is 5.56 Å². The molecule has 0 bridgehead atoms. The van der Waals surface area contributed by atoms with Gasteiger partial charge in [0.2, 0.25) is 0 Å². The van der Waals surface area contributed by atoms with Crippen molar-refractivity contribution in [3.05, 3.63) is 42.1 Å². The summed E-state index contributed by atoms with van der Waals surface area (Å²) in [6.45, 7) is 0. The second-order valence-electron chi connectivity index (χ2n) is 3.23. The summed E-state index contributed by atoms with van der Waals surface area (Å²) in [6, 6.07) is 5.17. The predicted molar refractivity (Wildman–Crippen MR) is 56.1 cm³/mol. The highest BCUT2D eigenvalue weighted by molar-refractivity contribution is 5.91. The first-order valence-corrected chi connectivity index (χ1v) is 4.63. The Bertz CT molecular complexity index is 569. The Hall–Kier alpha value is -2.50. The second-order valence-corrected chi connectivity index (χ2v) is 3.23. The van der Waals surface area contributed by atoms with Crippen LogP contribution in [0.4, 0.5) is 4.39 Å². The number of carboxylic acid groups (broad SMARTS) is 1. The van der Waals surface area contributed by atoms with Crippen molar-refractivity contribution in [2.24, 2.45) is 0 Å². The van der Waals surface area contributed by atoms with E-state index in [1.165, 1.54) is 24.3 Å². The fourth-order valence-corrected chi connectivity index (χ4v) is 1.35. The van der Waals surface area contributed by atoms with Crippen molar-refractivity contribution in [1.82, 2.24) is 9.97 Å². The van der Waals surface area contributed by atoms with E-state index in [0.717, 1.165) is 6.33 Å². The van der Waals surface area contributed by atoms with Gasteiger partial charge in [0.15, 0.2) is 11.4 Å². The molecule has 86 valence electrons. The molecule has 0 aliphatic heterocycles. The molecule has 0 saturated heterocycles. The third-order valence-corrected chi connectivity index (χ3v) is 2.14. The summed E-state index contributed by atoms with van der Waals surface area (Å²) in [5.41, 5.74) is -0.0227. The third kappa shape index (κ3) is 2.05. The number of aromatic nitrogens is 2. The average Bonchev–Trinajstić information content (AvgIpc) is 2.30. The van der Waals surface area contributed by atoms with Crippen LogP contribution in [0, 0.1) is 5.82 Å². The summed E-state index contributed by atoms with van der Waals surface area (Å²) >= 11 is 0. The number of carboxylic acids is 1. The van der Waals surface area contributed by atoms with Crippen molar-refractivity contribution in [1.29, 1.82) is 0 Å². The van der Waals surface area contributed by atoms with E-state index in [-0.39, 0.29) is 5.69 Å². The number of nitrogens with zero attached hydrogens (tertiary/aromatic N) is 2. The Labute approximate surface area is 95.2 Å². The zero-order valence-corrected chi connectivity index (χ0v) is 8.46. The number of aromatic hydroxyl groups is 1. The maximum Gasteiger partial charge on any atom is 0.358 e. The van der Waals surface area contributed by atoms with Gasteiger partial charge in [-0.05, 0) is 24.3 Å². The minimum atomic E-state index is -1.35. The predicted octanol–water partition coefficient (Wildman–Crippen LogP) is 1.69. The number of carbonyl (C=O) groups is 1. The first kappa shape index (κ1) is 11.0. The van der Waals surface area contributed by atoms with Crippen molar-refractivity contribution in [2.75, 3.05) is 0 Å². The lowest BCUT2D eigenvalue weighted by Gasteiger charge is -2.05. The molecule has 5 nitrogen and oxygen atoms in total. The zero-order valence-electron chi connectivity index (χ0n) is 8.46. The van der Waals surface area contributed by atoms with E-state index >= 15 is 0 Å². The summed E-state index contributed by atoms with van der Waals surface area (Å²) in [4.78, 5) is 18.0. The molecule has 2 aromatic rings. The van der Waals surface area contributed by atoms with E-state index in [2.05, 4.69) is 9.97 Å². The lowest BCUT2D eigenvalue weighted by Crippen LogP contribution is -2.02. The third-order valence-electron chi connectivity index (χ3n) is 2.14. The molecule has 6 heteroatoms. The first-order valence-electron chi connectivity index (χ1n) is 4.63. The van der Waals surface area contributed by atoms with Gasteiger partial charge in [0.1, 0.15) is 17.8 Å². The van der Waals surface area contributed by atoms with Crippen molar-refractivity contribution in [3.63, 3.8) is 0 Å². The maximum atomic E-state index is 12.7. The fraction of sp³-hybridized carbons (Fsp3) is 0. The summed E-state index contributed by atoms with van der Waals surface area (Å²) in [6.07, 6.45) is 1.03. The Morgan fingerprint density at radius 2 is 1.82 bits per heavy atom. The van der Waals surface area contributed by atoms with Gasteiger partial charge in [-0.25, -0.2) is 19.2 Å².